The number of nitrogens with one attached hydrogen (secondary N) is 2. The lowest BCUT2D eigenvalue weighted by Crippen LogP contribution is -2.39. The van der Waals surface area contributed by atoms with Crippen LogP contribution in [0, 0.1) is 0 Å². The molecular formula is C15H23N5O. The second-order valence-corrected chi connectivity index (χ2v) is 5.67. The molecule has 21 heavy (non-hydrogen) atoms. The van der Waals surface area contributed by atoms with E-state index in [0.29, 0.717) is 6.54 Å². The highest BCUT2D eigenvalue weighted by Crippen LogP contribution is 2.15. The molecule has 0 spiro atoms. The summed E-state index contributed by atoms with van der Waals surface area (Å²) in [6.07, 6.45) is 0.764. The third-order valence-corrected chi connectivity index (χ3v) is 3.15. The Morgan fingerprint density at radius 2 is 2.24 bits per heavy atom. The van der Waals surface area contributed by atoms with Gasteiger partial charge in [0.25, 0.3) is 0 Å². The Kier molecular flexibility index (Phi) is 4.80. The van der Waals surface area contributed by atoms with Gasteiger partial charge in [0.2, 0.25) is 5.91 Å². The Hall–Kier alpha value is -2.08. The smallest absolute Gasteiger partial charge is 0.234 e. The quantitative estimate of drug-likeness (QED) is 0.696. The molecule has 1 amide bonds. The molecule has 0 radical (unpaired) electrons. The van der Waals surface area contributed by atoms with Gasteiger partial charge in [-0.05, 0) is 39.1 Å². The monoisotopic (exact) mass is 289 g/mol. The summed E-state index contributed by atoms with van der Waals surface area (Å²) < 4.78 is 0. The lowest BCUT2D eigenvalue weighted by molar-refractivity contribution is -0.122. The number of hydrogen-bond donors (Lipinski definition) is 3. The van der Waals surface area contributed by atoms with Crippen molar-refractivity contribution in [1.29, 1.82) is 0 Å². The van der Waals surface area contributed by atoms with Crippen LogP contribution in [0.4, 0.5) is 5.69 Å². The normalized spacial score (nSPS) is 11.5. The van der Waals surface area contributed by atoms with E-state index in [2.05, 4.69) is 15.3 Å². The van der Waals surface area contributed by atoms with E-state index in [4.69, 9.17) is 5.73 Å². The Balaban J connectivity index is 1.87. The third kappa shape index (κ3) is 4.46. The van der Waals surface area contributed by atoms with Gasteiger partial charge in [-0.25, -0.2) is 4.98 Å². The molecule has 2 aromatic rings. The van der Waals surface area contributed by atoms with Crippen molar-refractivity contribution >= 4 is 22.6 Å². The number of anilines is 1. The van der Waals surface area contributed by atoms with E-state index in [0.717, 1.165) is 35.5 Å². The first-order chi connectivity index (χ1) is 9.94. The topological polar surface area (TPSA) is 87.0 Å². The van der Waals surface area contributed by atoms with Crippen LogP contribution in [0.1, 0.15) is 19.7 Å². The van der Waals surface area contributed by atoms with E-state index in [-0.39, 0.29) is 11.9 Å². The number of aromatic amines is 1. The lowest BCUT2D eigenvalue weighted by Gasteiger charge is -2.16. The van der Waals surface area contributed by atoms with Crippen LogP contribution in [0.25, 0.3) is 11.0 Å². The van der Waals surface area contributed by atoms with Crippen LogP contribution in [0.15, 0.2) is 18.2 Å². The SMILES string of the molecule is CC(C)NC(=O)CN(C)CCc1nc2ccc(N)cc2[nH]1. The Bertz CT molecular complexity index is 620. The van der Waals surface area contributed by atoms with E-state index < -0.39 is 0 Å². The van der Waals surface area contributed by atoms with Gasteiger partial charge in [-0.3, -0.25) is 9.69 Å². The Morgan fingerprint density at radius 1 is 1.48 bits per heavy atom. The first kappa shape index (κ1) is 15.3. The summed E-state index contributed by atoms with van der Waals surface area (Å²) in [5, 5.41) is 2.88. The van der Waals surface area contributed by atoms with Crippen molar-refractivity contribution in [2.45, 2.75) is 26.3 Å². The number of hydrogen-bond acceptors (Lipinski definition) is 4. The molecule has 0 aliphatic heterocycles. The molecule has 2 rings (SSSR count). The summed E-state index contributed by atoms with van der Waals surface area (Å²) >= 11 is 0. The number of rotatable bonds is 6. The maximum Gasteiger partial charge on any atom is 0.234 e. The van der Waals surface area contributed by atoms with Crippen molar-refractivity contribution in [1.82, 2.24) is 20.2 Å². The van der Waals surface area contributed by atoms with Crippen molar-refractivity contribution in [3.05, 3.63) is 24.0 Å². The second-order valence-electron chi connectivity index (χ2n) is 5.67. The summed E-state index contributed by atoms with van der Waals surface area (Å²) in [6.45, 7) is 5.07. The zero-order valence-electron chi connectivity index (χ0n) is 12.8. The second kappa shape index (κ2) is 6.58. The molecule has 6 heteroatoms. The fourth-order valence-corrected chi connectivity index (χ4v) is 2.19. The molecule has 0 unspecified atom stereocenters. The number of fused-ring (bicyclic) bond motifs is 1. The summed E-state index contributed by atoms with van der Waals surface area (Å²) in [5.74, 6) is 0.955. The standard InChI is InChI=1S/C15H23N5O/c1-10(2)17-15(21)9-20(3)7-6-14-18-12-5-4-11(16)8-13(12)19-14/h4-5,8,10H,6-7,9,16H2,1-3H3,(H,17,21)(H,18,19). The van der Waals surface area contributed by atoms with E-state index >= 15 is 0 Å². The van der Waals surface area contributed by atoms with Crippen molar-refractivity contribution < 1.29 is 4.79 Å². The maximum absolute atomic E-state index is 11.7. The number of benzene rings is 1. The van der Waals surface area contributed by atoms with Crippen LogP contribution in [0.2, 0.25) is 0 Å². The number of nitrogens with two attached hydrogens (primary N) is 1. The minimum atomic E-state index is 0.0462. The average Bonchev–Trinajstić information content (AvgIpc) is 2.77. The highest BCUT2D eigenvalue weighted by atomic mass is 16.2. The lowest BCUT2D eigenvalue weighted by atomic mass is 10.3. The van der Waals surface area contributed by atoms with E-state index in [9.17, 15) is 4.79 Å². The molecule has 0 bridgehead atoms. The summed E-state index contributed by atoms with van der Waals surface area (Å²) in [7, 11) is 1.93. The van der Waals surface area contributed by atoms with E-state index in [1.54, 1.807) is 0 Å². The molecule has 4 N–H and O–H groups in total. The number of aromatic nitrogens is 2. The van der Waals surface area contributed by atoms with Gasteiger partial charge in [0.05, 0.1) is 17.6 Å². The number of amides is 1. The molecule has 0 aliphatic carbocycles. The fourth-order valence-electron chi connectivity index (χ4n) is 2.19. The molecule has 0 saturated carbocycles. The summed E-state index contributed by atoms with van der Waals surface area (Å²) in [6, 6.07) is 5.80. The van der Waals surface area contributed by atoms with Gasteiger partial charge in [-0.2, -0.15) is 0 Å². The van der Waals surface area contributed by atoms with Crippen LogP contribution >= 0.6 is 0 Å². The fraction of sp³-hybridized carbons (Fsp3) is 0.467. The number of imidazole rings is 1. The van der Waals surface area contributed by atoms with Gasteiger partial charge >= 0.3 is 0 Å². The van der Waals surface area contributed by atoms with Crippen LogP contribution in [0.5, 0.6) is 0 Å². The van der Waals surface area contributed by atoms with E-state index in [1.807, 2.05) is 44.0 Å². The molecule has 1 aromatic carbocycles. The molecule has 1 aromatic heterocycles. The molecule has 6 nitrogen and oxygen atoms in total. The van der Waals surface area contributed by atoms with Crippen LogP contribution in [-0.2, 0) is 11.2 Å². The Morgan fingerprint density at radius 3 is 2.95 bits per heavy atom. The zero-order chi connectivity index (χ0) is 15.4. The van der Waals surface area contributed by atoms with Crippen molar-refractivity contribution in [3.63, 3.8) is 0 Å². The molecule has 0 fully saturated rings. The highest BCUT2D eigenvalue weighted by Gasteiger charge is 2.09. The average molecular weight is 289 g/mol. The predicted octanol–water partition coefficient (Wildman–Crippen LogP) is 1.14. The predicted molar refractivity (Wildman–Crippen MR) is 85.0 cm³/mol. The van der Waals surface area contributed by atoms with Crippen molar-refractivity contribution in [3.8, 4) is 0 Å². The number of H-pyrrole nitrogens is 1. The summed E-state index contributed by atoms with van der Waals surface area (Å²) in [4.78, 5) is 21.4. The van der Waals surface area contributed by atoms with Crippen molar-refractivity contribution in [2.75, 3.05) is 25.9 Å². The number of carbonyl (C=O) groups excluding carboxylic acids is 1. The third-order valence-electron chi connectivity index (χ3n) is 3.15. The van der Waals surface area contributed by atoms with Crippen molar-refractivity contribution in [2.24, 2.45) is 0 Å². The minimum absolute atomic E-state index is 0.0462. The van der Waals surface area contributed by atoms with Gasteiger partial charge in [0.1, 0.15) is 5.82 Å². The molecular weight excluding hydrogens is 266 g/mol. The maximum atomic E-state index is 11.7. The molecule has 114 valence electrons. The van der Waals surface area contributed by atoms with Gasteiger partial charge in [-0.1, -0.05) is 0 Å². The van der Waals surface area contributed by atoms with Crippen LogP contribution in [-0.4, -0.2) is 47.0 Å². The first-order valence-electron chi connectivity index (χ1n) is 7.16. The van der Waals surface area contributed by atoms with Gasteiger partial charge in [0, 0.05) is 24.7 Å². The highest BCUT2D eigenvalue weighted by molar-refractivity contribution is 5.79. The largest absolute Gasteiger partial charge is 0.399 e. The molecule has 0 atom stereocenters. The number of nitrogen functional groups attached to an aromatic ring is 1. The van der Waals surface area contributed by atoms with Crippen LogP contribution < -0.4 is 11.1 Å². The van der Waals surface area contributed by atoms with Gasteiger partial charge in [-0.15, -0.1) is 0 Å². The molecule has 0 saturated heterocycles. The zero-order valence-corrected chi connectivity index (χ0v) is 12.8. The molecule has 1 heterocycles. The summed E-state index contributed by atoms with van der Waals surface area (Å²) in [5.41, 5.74) is 8.34. The number of likely N-dealkylation sites (N-methyl/N-ethyl adjacent to an activating group) is 1. The van der Waals surface area contributed by atoms with Gasteiger partial charge < -0.3 is 16.0 Å². The van der Waals surface area contributed by atoms with Crippen LogP contribution in [0.3, 0.4) is 0 Å². The van der Waals surface area contributed by atoms with E-state index in [1.165, 1.54) is 0 Å². The number of nitrogens with zero attached hydrogens (tertiary/aromatic N) is 2. The van der Waals surface area contributed by atoms with Gasteiger partial charge in [0.15, 0.2) is 0 Å². The number of carbonyl (C=O) groups is 1. The molecule has 0 aliphatic rings. The first-order valence-corrected chi connectivity index (χ1v) is 7.16. The minimum Gasteiger partial charge on any atom is -0.399 e. The Labute approximate surface area is 124 Å².